The molecule has 7 nitrogen and oxygen atoms in total. The van der Waals surface area contributed by atoms with Crippen LogP contribution in [0.5, 0.6) is 0 Å². The van der Waals surface area contributed by atoms with Crippen LogP contribution in [-0.2, 0) is 13.1 Å². The summed E-state index contributed by atoms with van der Waals surface area (Å²) in [7, 11) is 0. The summed E-state index contributed by atoms with van der Waals surface area (Å²) in [4.78, 5) is 22.8. The molecule has 3 aromatic heterocycles. The lowest BCUT2D eigenvalue weighted by Crippen LogP contribution is -2.36. The summed E-state index contributed by atoms with van der Waals surface area (Å²) >= 11 is 0. The molecule has 0 atom stereocenters. The summed E-state index contributed by atoms with van der Waals surface area (Å²) in [5.74, 6) is 0.460. The van der Waals surface area contributed by atoms with Gasteiger partial charge in [-0.05, 0) is 50.0 Å². The van der Waals surface area contributed by atoms with Crippen LogP contribution in [0.1, 0.15) is 18.5 Å². The van der Waals surface area contributed by atoms with Crippen molar-refractivity contribution in [3.05, 3.63) is 65.4 Å². The monoisotopic (exact) mass is 351 g/mol. The van der Waals surface area contributed by atoms with E-state index in [0.717, 1.165) is 49.4 Å². The van der Waals surface area contributed by atoms with Gasteiger partial charge >= 0.3 is 0 Å². The van der Waals surface area contributed by atoms with Gasteiger partial charge in [-0.15, -0.1) is 0 Å². The molecule has 0 bridgehead atoms. The van der Waals surface area contributed by atoms with E-state index in [-0.39, 0.29) is 5.56 Å². The second kappa shape index (κ2) is 7.61. The molecule has 1 saturated heterocycles. The van der Waals surface area contributed by atoms with Crippen LogP contribution in [-0.4, -0.2) is 37.7 Å². The molecule has 134 valence electrons. The Kier molecular flexibility index (Phi) is 4.88. The lowest BCUT2D eigenvalue weighted by Gasteiger charge is -2.31. The molecular weight excluding hydrogens is 330 g/mol. The fourth-order valence-corrected chi connectivity index (χ4v) is 3.37. The molecule has 1 aliphatic rings. The Labute approximate surface area is 151 Å². The zero-order valence-corrected chi connectivity index (χ0v) is 14.5. The van der Waals surface area contributed by atoms with Crippen molar-refractivity contribution in [2.45, 2.75) is 25.9 Å². The van der Waals surface area contributed by atoms with Crippen molar-refractivity contribution < 1.29 is 4.42 Å². The van der Waals surface area contributed by atoms with Gasteiger partial charge in [0.15, 0.2) is 6.39 Å². The van der Waals surface area contributed by atoms with Gasteiger partial charge in [0, 0.05) is 37.1 Å². The summed E-state index contributed by atoms with van der Waals surface area (Å²) in [5, 5.41) is 4.56. The first-order valence-electron chi connectivity index (χ1n) is 8.86. The van der Waals surface area contributed by atoms with Crippen LogP contribution in [0.15, 0.2) is 58.5 Å². The molecule has 0 radical (unpaired) electrons. The third-order valence-corrected chi connectivity index (χ3v) is 4.85. The van der Waals surface area contributed by atoms with E-state index in [1.807, 2.05) is 12.1 Å². The molecule has 26 heavy (non-hydrogen) atoms. The molecule has 1 fully saturated rings. The predicted molar refractivity (Wildman–Crippen MR) is 96.2 cm³/mol. The molecular formula is C19H21N5O2. The topological polar surface area (TPSA) is 77.0 Å². The minimum absolute atomic E-state index is 0.0483. The number of nitrogens with zero attached hydrogens (tertiary/aromatic N) is 5. The summed E-state index contributed by atoms with van der Waals surface area (Å²) in [6.45, 7) is 3.47. The number of hydrogen-bond acceptors (Lipinski definition) is 6. The van der Waals surface area contributed by atoms with Gasteiger partial charge in [-0.25, -0.2) is 9.67 Å². The number of oxazole rings is 1. The second-order valence-corrected chi connectivity index (χ2v) is 6.67. The van der Waals surface area contributed by atoms with Crippen LogP contribution >= 0.6 is 0 Å². The van der Waals surface area contributed by atoms with E-state index in [2.05, 4.69) is 20.0 Å². The number of hydrogen-bond donors (Lipinski definition) is 0. The molecule has 0 spiro atoms. The maximum Gasteiger partial charge on any atom is 0.266 e. The first kappa shape index (κ1) is 16.7. The Hall–Kier alpha value is -2.80. The van der Waals surface area contributed by atoms with E-state index in [9.17, 15) is 4.79 Å². The van der Waals surface area contributed by atoms with E-state index < -0.39 is 0 Å². The van der Waals surface area contributed by atoms with Crippen molar-refractivity contribution in [3.63, 3.8) is 0 Å². The second-order valence-electron chi connectivity index (χ2n) is 6.67. The molecule has 0 amide bonds. The standard InChI is InChI=1S/C19H21N5O2/c25-19-2-1-18(16-3-7-20-8-4-16)22-24(19)11-15-5-9-23(10-6-15)12-17-13-26-14-21-17/h1-4,7-8,13-15H,5-6,9-12H2. The number of aromatic nitrogens is 4. The van der Waals surface area contributed by atoms with E-state index in [0.29, 0.717) is 12.5 Å². The normalized spacial score (nSPS) is 16.0. The van der Waals surface area contributed by atoms with Crippen LogP contribution in [0.25, 0.3) is 11.3 Å². The zero-order chi connectivity index (χ0) is 17.8. The van der Waals surface area contributed by atoms with Gasteiger partial charge in [-0.1, -0.05) is 0 Å². The number of pyridine rings is 1. The van der Waals surface area contributed by atoms with Gasteiger partial charge in [-0.3, -0.25) is 14.7 Å². The Bertz CT molecular complexity index is 884. The van der Waals surface area contributed by atoms with Gasteiger partial charge in [0.25, 0.3) is 5.56 Å². The SMILES string of the molecule is O=c1ccc(-c2ccncc2)nn1CC1CCN(Cc2cocn2)CC1. The summed E-state index contributed by atoms with van der Waals surface area (Å²) < 4.78 is 6.63. The van der Waals surface area contributed by atoms with Crippen LogP contribution in [0.4, 0.5) is 0 Å². The maximum absolute atomic E-state index is 12.2. The van der Waals surface area contributed by atoms with Crippen molar-refractivity contribution in [1.29, 1.82) is 0 Å². The molecule has 0 aliphatic carbocycles. The largest absolute Gasteiger partial charge is 0.451 e. The first-order valence-corrected chi connectivity index (χ1v) is 8.86. The molecule has 4 heterocycles. The van der Waals surface area contributed by atoms with E-state index in [1.54, 1.807) is 35.5 Å². The van der Waals surface area contributed by atoms with Crippen molar-refractivity contribution >= 4 is 0 Å². The van der Waals surface area contributed by atoms with Crippen LogP contribution in [0, 0.1) is 5.92 Å². The van der Waals surface area contributed by atoms with E-state index in [4.69, 9.17) is 4.42 Å². The number of rotatable bonds is 5. The lowest BCUT2D eigenvalue weighted by molar-refractivity contribution is 0.162. The number of likely N-dealkylation sites (tertiary alicyclic amines) is 1. The lowest BCUT2D eigenvalue weighted by atomic mass is 9.97. The Morgan fingerprint density at radius 1 is 1.12 bits per heavy atom. The maximum atomic E-state index is 12.2. The van der Waals surface area contributed by atoms with Gasteiger partial charge in [0.05, 0.1) is 11.4 Å². The van der Waals surface area contributed by atoms with Crippen molar-refractivity contribution in [3.8, 4) is 11.3 Å². The molecule has 3 aromatic rings. The summed E-state index contributed by atoms with van der Waals surface area (Å²) in [6, 6.07) is 7.18. The highest BCUT2D eigenvalue weighted by molar-refractivity contribution is 5.56. The molecule has 4 rings (SSSR count). The molecule has 0 unspecified atom stereocenters. The highest BCUT2D eigenvalue weighted by atomic mass is 16.3. The zero-order valence-electron chi connectivity index (χ0n) is 14.5. The average Bonchev–Trinajstić information content (AvgIpc) is 3.19. The van der Waals surface area contributed by atoms with Crippen LogP contribution in [0.2, 0.25) is 0 Å². The van der Waals surface area contributed by atoms with Crippen molar-refractivity contribution in [2.75, 3.05) is 13.1 Å². The van der Waals surface area contributed by atoms with E-state index >= 15 is 0 Å². The fourth-order valence-electron chi connectivity index (χ4n) is 3.37. The molecule has 1 aliphatic heterocycles. The Balaban J connectivity index is 1.39. The van der Waals surface area contributed by atoms with Gasteiger partial charge in [0.2, 0.25) is 0 Å². The highest BCUT2D eigenvalue weighted by Crippen LogP contribution is 2.20. The molecule has 0 N–H and O–H groups in total. The fraction of sp³-hybridized carbons (Fsp3) is 0.368. The van der Waals surface area contributed by atoms with Crippen molar-refractivity contribution in [1.82, 2.24) is 24.6 Å². The van der Waals surface area contributed by atoms with Crippen molar-refractivity contribution in [2.24, 2.45) is 5.92 Å². The van der Waals surface area contributed by atoms with Gasteiger partial charge < -0.3 is 4.42 Å². The van der Waals surface area contributed by atoms with Gasteiger partial charge in [-0.2, -0.15) is 5.10 Å². The summed E-state index contributed by atoms with van der Waals surface area (Å²) in [6.07, 6.45) is 8.72. The summed E-state index contributed by atoms with van der Waals surface area (Å²) in [5.41, 5.74) is 2.69. The smallest absolute Gasteiger partial charge is 0.266 e. The van der Waals surface area contributed by atoms with E-state index in [1.165, 1.54) is 6.39 Å². The molecule has 0 saturated carbocycles. The minimum atomic E-state index is -0.0483. The quantitative estimate of drug-likeness (QED) is 0.701. The minimum Gasteiger partial charge on any atom is -0.451 e. The first-order chi connectivity index (χ1) is 12.8. The predicted octanol–water partition coefficient (Wildman–Crippen LogP) is 2.21. The third-order valence-electron chi connectivity index (χ3n) is 4.85. The highest BCUT2D eigenvalue weighted by Gasteiger charge is 2.21. The number of piperidine rings is 1. The molecule has 0 aromatic carbocycles. The van der Waals surface area contributed by atoms with Gasteiger partial charge in [0.1, 0.15) is 6.26 Å². The Morgan fingerprint density at radius 3 is 2.65 bits per heavy atom. The van der Waals surface area contributed by atoms with Crippen LogP contribution in [0.3, 0.4) is 0 Å². The van der Waals surface area contributed by atoms with Crippen LogP contribution < -0.4 is 5.56 Å². The average molecular weight is 351 g/mol. The third kappa shape index (κ3) is 3.88. The Morgan fingerprint density at radius 2 is 1.92 bits per heavy atom. The molecule has 7 heteroatoms.